The molecular formula is C17H22N4O3. The van der Waals surface area contributed by atoms with Crippen molar-refractivity contribution in [3.8, 4) is 0 Å². The fourth-order valence-corrected chi connectivity index (χ4v) is 3.81. The second-order valence-electron chi connectivity index (χ2n) is 6.79. The van der Waals surface area contributed by atoms with Gasteiger partial charge in [-0.1, -0.05) is 0 Å². The van der Waals surface area contributed by atoms with Gasteiger partial charge in [-0.05, 0) is 25.0 Å². The minimum Gasteiger partial charge on any atom is -0.441 e. The number of aromatic nitrogens is 1. The van der Waals surface area contributed by atoms with Gasteiger partial charge >= 0.3 is 6.09 Å². The summed E-state index contributed by atoms with van der Waals surface area (Å²) in [4.78, 5) is 32.7. The summed E-state index contributed by atoms with van der Waals surface area (Å²) in [7, 11) is 0. The van der Waals surface area contributed by atoms with Crippen LogP contribution in [0.25, 0.3) is 0 Å². The summed E-state index contributed by atoms with van der Waals surface area (Å²) in [5.74, 6) is 0.825. The first-order valence-corrected chi connectivity index (χ1v) is 8.63. The van der Waals surface area contributed by atoms with E-state index < -0.39 is 0 Å². The molecule has 4 rings (SSSR count). The molecule has 1 N–H and O–H groups in total. The van der Waals surface area contributed by atoms with Crippen molar-refractivity contribution < 1.29 is 14.3 Å². The van der Waals surface area contributed by atoms with Gasteiger partial charge < -0.3 is 19.9 Å². The maximum Gasteiger partial charge on any atom is 0.407 e. The minimum absolute atomic E-state index is 0.0739. The molecule has 3 aliphatic heterocycles. The molecule has 1 aromatic heterocycles. The standard InChI is InChI=1S/C17H22N4O3/c22-15(21-8-1-2-9-21)13-4-3-7-18-14(13)20-10-5-17(6-11-20)12-19-16(23)24-17/h3-4,7H,1-2,5-6,8-12H2,(H,19,23). The van der Waals surface area contributed by atoms with E-state index in [2.05, 4.69) is 15.2 Å². The van der Waals surface area contributed by atoms with Crippen LogP contribution in [0.5, 0.6) is 0 Å². The van der Waals surface area contributed by atoms with Gasteiger partial charge in [0.1, 0.15) is 11.4 Å². The highest BCUT2D eigenvalue weighted by Gasteiger charge is 2.43. The molecule has 0 radical (unpaired) electrons. The molecule has 128 valence electrons. The van der Waals surface area contributed by atoms with Crippen LogP contribution in [-0.4, -0.2) is 60.2 Å². The molecule has 0 aromatic carbocycles. The van der Waals surface area contributed by atoms with Gasteiger partial charge in [0.25, 0.3) is 5.91 Å². The largest absolute Gasteiger partial charge is 0.441 e. The van der Waals surface area contributed by atoms with Crippen LogP contribution in [0.15, 0.2) is 18.3 Å². The fourth-order valence-electron chi connectivity index (χ4n) is 3.81. The van der Waals surface area contributed by atoms with Gasteiger partial charge in [0, 0.05) is 45.2 Å². The third-order valence-electron chi connectivity index (χ3n) is 5.25. The normalized spacial score (nSPS) is 22.6. The number of hydrogen-bond acceptors (Lipinski definition) is 5. The number of pyridine rings is 1. The molecule has 1 spiro atoms. The zero-order valence-electron chi connectivity index (χ0n) is 13.7. The average Bonchev–Trinajstić information content (AvgIpc) is 3.26. The topological polar surface area (TPSA) is 74.8 Å². The zero-order chi connectivity index (χ0) is 16.6. The number of anilines is 1. The number of alkyl carbamates (subject to hydrolysis) is 1. The first-order valence-electron chi connectivity index (χ1n) is 8.63. The van der Waals surface area contributed by atoms with Gasteiger partial charge in [0.05, 0.1) is 12.1 Å². The van der Waals surface area contributed by atoms with E-state index in [1.165, 1.54) is 0 Å². The van der Waals surface area contributed by atoms with Crippen LogP contribution in [0.1, 0.15) is 36.0 Å². The van der Waals surface area contributed by atoms with Crippen molar-refractivity contribution in [2.24, 2.45) is 0 Å². The Morgan fingerprint density at radius 3 is 2.62 bits per heavy atom. The number of amides is 2. The SMILES string of the molecule is O=C1NCC2(CCN(c3ncccc3C(=O)N3CCCC3)CC2)O1. The monoisotopic (exact) mass is 330 g/mol. The predicted octanol–water partition coefficient (Wildman–Crippen LogP) is 1.40. The summed E-state index contributed by atoms with van der Waals surface area (Å²) in [6.07, 6.45) is 5.06. The van der Waals surface area contributed by atoms with Gasteiger partial charge in [0.2, 0.25) is 0 Å². The van der Waals surface area contributed by atoms with E-state index in [0.29, 0.717) is 12.1 Å². The van der Waals surface area contributed by atoms with Crippen molar-refractivity contribution in [2.45, 2.75) is 31.3 Å². The minimum atomic E-state index is -0.387. The molecule has 0 atom stereocenters. The second-order valence-corrected chi connectivity index (χ2v) is 6.79. The Bertz CT molecular complexity index is 649. The van der Waals surface area contributed by atoms with E-state index in [1.807, 2.05) is 17.0 Å². The van der Waals surface area contributed by atoms with E-state index in [1.54, 1.807) is 6.20 Å². The van der Waals surface area contributed by atoms with Gasteiger partial charge in [-0.2, -0.15) is 0 Å². The van der Waals surface area contributed by atoms with Crippen molar-refractivity contribution >= 4 is 17.8 Å². The smallest absolute Gasteiger partial charge is 0.407 e. The summed E-state index contributed by atoms with van der Waals surface area (Å²) in [5.41, 5.74) is 0.290. The summed E-state index contributed by atoms with van der Waals surface area (Å²) in [6, 6.07) is 3.69. The lowest BCUT2D eigenvalue weighted by Gasteiger charge is -2.38. The van der Waals surface area contributed by atoms with Gasteiger partial charge in [-0.25, -0.2) is 9.78 Å². The molecular weight excluding hydrogens is 308 g/mol. The van der Waals surface area contributed by atoms with Crippen molar-refractivity contribution in [1.82, 2.24) is 15.2 Å². The van der Waals surface area contributed by atoms with Crippen LogP contribution in [-0.2, 0) is 4.74 Å². The molecule has 7 heteroatoms. The molecule has 3 aliphatic rings. The van der Waals surface area contributed by atoms with Crippen LogP contribution < -0.4 is 10.2 Å². The molecule has 2 amide bonds. The lowest BCUT2D eigenvalue weighted by atomic mass is 9.91. The molecule has 0 bridgehead atoms. The molecule has 0 aliphatic carbocycles. The summed E-state index contributed by atoms with van der Waals surface area (Å²) < 4.78 is 5.46. The Balaban J connectivity index is 1.51. The molecule has 1 aromatic rings. The Morgan fingerprint density at radius 2 is 1.96 bits per heavy atom. The molecule has 0 saturated carbocycles. The number of nitrogens with zero attached hydrogens (tertiary/aromatic N) is 3. The van der Waals surface area contributed by atoms with Crippen LogP contribution >= 0.6 is 0 Å². The maximum absolute atomic E-state index is 12.8. The summed E-state index contributed by atoms with van der Waals surface area (Å²) >= 11 is 0. The number of carbonyl (C=O) groups is 2. The highest BCUT2D eigenvalue weighted by molar-refractivity contribution is 5.99. The average molecular weight is 330 g/mol. The van der Waals surface area contributed by atoms with Gasteiger partial charge in [-0.15, -0.1) is 0 Å². The van der Waals surface area contributed by atoms with Crippen LogP contribution in [0.2, 0.25) is 0 Å². The Morgan fingerprint density at radius 1 is 1.21 bits per heavy atom. The number of likely N-dealkylation sites (tertiary alicyclic amines) is 1. The molecule has 4 heterocycles. The highest BCUT2D eigenvalue weighted by Crippen LogP contribution is 2.32. The van der Waals surface area contributed by atoms with Crippen molar-refractivity contribution in [3.63, 3.8) is 0 Å². The predicted molar refractivity (Wildman–Crippen MR) is 88.0 cm³/mol. The lowest BCUT2D eigenvalue weighted by molar-refractivity contribution is 0.0365. The Labute approximate surface area is 141 Å². The molecule has 3 fully saturated rings. The van der Waals surface area contributed by atoms with Crippen LogP contribution in [0, 0.1) is 0 Å². The van der Waals surface area contributed by atoms with Gasteiger partial charge in [-0.3, -0.25) is 4.79 Å². The first kappa shape index (κ1) is 15.2. The van der Waals surface area contributed by atoms with E-state index >= 15 is 0 Å². The highest BCUT2D eigenvalue weighted by atomic mass is 16.6. The third kappa shape index (κ3) is 2.68. The molecule has 3 saturated heterocycles. The van der Waals surface area contributed by atoms with Crippen molar-refractivity contribution in [2.75, 3.05) is 37.6 Å². The lowest BCUT2D eigenvalue weighted by Crippen LogP contribution is -2.47. The summed E-state index contributed by atoms with van der Waals surface area (Å²) in [6.45, 7) is 3.69. The van der Waals surface area contributed by atoms with E-state index in [4.69, 9.17) is 4.74 Å². The fraction of sp³-hybridized carbons (Fsp3) is 0.588. The quantitative estimate of drug-likeness (QED) is 0.887. The molecule has 0 unspecified atom stereocenters. The van der Waals surface area contributed by atoms with E-state index in [-0.39, 0.29) is 17.6 Å². The van der Waals surface area contributed by atoms with Crippen LogP contribution in [0.4, 0.5) is 10.6 Å². The Kier molecular flexibility index (Phi) is 3.78. The first-order chi connectivity index (χ1) is 11.7. The maximum atomic E-state index is 12.8. The van der Waals surface area contributed by atoms with Crippen molar-refractivity contribution in [1.29, 1.82) is 0 Å². The third-order valence-corrected chi connectivity index (χ3v) is 5.25. The van der Waals surface area contributed by atoms with E-state index in [0.717, 1.165) is 57.7 Å². The number of hydrogen-bond donors (Lipinski definition) is 1. The number of rotatable bonds is 2. The number of piperidine rings is 1. The molecule has 7 nitrogen and oxygen atoms in total. The number of ether oxygens (including phenoxy) is 1. The number of carbonyl (C=O) groups excluding carboxylic acids is 2. The van der Waals surface area contributed by atoms with Crippen molar-refractivity contribution in [3.05, 3.63) is 23.9 Å². The second kappa shape index (κ2) is 5.96. The number of nitrogens with one attached hydrogen (secondary N) is 1. The molecule has 24 heavy (non-hydrogen) atoms. The van der Waals surface area contributed by atoms with Crippen LogP contribution in [0.3, 0.4) is 0 Å². The van der Waals surface area contributed by atoms with E-state index in [9.17, 15) is 9.59 Å². The van der Waals surface area contributed by atoms with Gasteiger partial charge in [0.15, 0.2) is 0 Å². The Hall–Kier alpha value is -2.31. The summed E-state index contributed by atoms with van der Waals surface area (Å²) in [5, 5.41) is 2.75. The zero-order valence-corrected chi connectivity index (χ0v) is 13.7.